The number of halogens is 1. The average molecular weight is 327 g/mol. The fourth-order valence-corrected chi connectivity index (χ4v) is 2.48. The van der Waals surface area contributed by atoms with Crippen LogP contribution in [0.1, 0.15) is 18.4 Å². The van der Waals surface area contributed by atoms with Gasteiger partial charge in [-0.2, -0.15) is 0 Å². The maximum absolute atomic E-state index is 5.68. The van der Waals surface area contributed by atoms with Crippen LogP contribution in [0.15, 0.2) is 22.7 Å². The molecule has 1 aliphatic carbocycles. The molecule has 4 heteroatoms. The number of nitrogens with one attached hydrogen (secondary N) is 1. The van der Waals surface area contributed by atoms with E-state index in [4.69, 9.17) is 4.74 Å². The summed E-state index contributed by atoms with van der Waals surface area (Å²) in [4.78, 5) is 2.24. The van der Waals surface area contributed by atoms with Crippen LogP contribution in [0.4, 0.5) is 5.69 Å². The van der Waals surface area contributed by atoms with Crippen LogP contribution >= 0.6 is 15.9 Å². The highest BCUT2D eigenvalue weighted by Gasteiger charge is 2.20. The molecule has 3 nitrogen and oxygen atoms in total. The Morgan fingerprint density at radius 1 is 1.42 bits per heavy atom. The molecule has 1 N–H and O–H groups in total. The first-order valence-electron chi connectivity index (χ1n) is 6.92. The van der Waals surface area contributed by atoms with E-state index in [0.29, 0.717) is 0 Å². The Labute approximate surface area is 124 Å². The monoisotopic (exact) mass is 326 g/mol. The molecule has 2 rings (SSSR count). The normalized spacial score (nSPS) is 14.7. The van der Waals surface area contributed by atoms with E-state index in [-0.39, 0.29) is 0 Å². The molecule has 1 aromatic rings. The van der Waals surface area contributed by atoms with Gasteiger partial charge >= 0.3 is 0 Å². The standard InChI is InChI=1S/C15H23BrN2O/c1-17-10-13-5-6-14(9-15(13)16)18(2)7-8-19-11-12-3-4-12/h5-6,9,12,17H,3-4,7-8,10-11H2,1-2H3. The van der Waals surface area contributed by atoms with E-state index < -0.39 is 0 Å². The van der Waals surface area contributed by atoms with Gasteiger partial charge in [-0.3, -0.25) is 0 Å². The van der Waals surface area contributed by atoms with E-state index in [1.807, 2.05) is 7.05 Å². The minimum atomic E-state index is 0.808. The summed E-state index contributed by atoms with van der Waals surface area (Å²) < 4.78 is 6.84. The molecule has 19 heavy (non-hydrogen) atoms. The van der Waals surface area contributed by atoms with Crippen molar-refractivity contribution in [2.45, 2.75) is 19.4 Å². The SMILES string of the molecule is CNCc1ccc(N(C)CCOCC2CC2)cc1Br. The van der Waals surface area contributed by atoms with Gasteiger partial charge in [0, 0.05) is 36.9 Å². The van der Waals surface area contributed by atoms with Crippen molar-refractivity contribution >= 4 is 21.6 Å². The molecule has 0 amide bonds. The first kappa shape index (κ1) is 14.8. The second-order valence-corrected chi connectivity index (χ2v) is 6.10. The summed E-state index contributed by atoms with van der Waals surface area (Å²) in [7, 11) is 4.07. The Kier molecular flexibility index (Phi) is 5.67. The summed E-state index contributed by atoms with van der Waals surface area (Å²) in [6.07, 6.45) is 2.71. The Balaban J connectivity index is 1.80. The van der Waals surface area contributed by atoms with E-state index in [1.54, 1.807) is 0 Å². The first-order valence-corrected chi connectivity index (χ1v) is 7.72. The summed E-state index contributed by atoms with van der Waals surface area (Å²) in [5.74, 6) is 0.847. The molecule has 106 valence electrons. The number of rotatable bonds is 8. The van der Waals surface area contributed by atoms with Crippen molar-refractivity contribution in [2.24, 2.45) is 5.92 Å². The van der Waals surface area contributed by atoms with Crippen LogP contribution in [-0.2, 0) is 11.3 Å². The minimum absolute atomic E-state index is 0.808. The van der Waals surface area contributed by atoms with Crippen LogP contribution in [-0.4, -0.2) is 33.9 Å². The van der Waals surface area contributed by atoms with Gasteiger partial charge in [0.1, 0.15) is 0 Å². The van der Waals surface area contributed by atoms with Gasteiger partial charge in [0.05, 0.1) is 6.61 Å². The van der Waals surface area contributed by atoms with Crippen LogP contribution in [0.3, 0.4) is 0 Å². The largest absolute Gasteiger partial charge is 0.379 e. The van der Waals surface area contributed by atoms with Gasteiger partial charge in [0.25, 0.3) is 0 Å². The fourth-order valence-electron chi connectivity index (χ4n) is 1.97. The van der Waals surface area contributed by atoms with Crippen molar-refractivity contribution in [3.05, 3.63) is 28.2 Å². The molecule has 1 aliphatic rings. The van der Waals surface area contributed by atoms with Crippen LogP contribution < -0.4 is 10.2 Å². The molecule has 0 spiro atoms. The molecular weight excluding hydrogens is 304 g/mol. The van der Waals surface area contributed by atoms with Crippen molar-refractivity contribution < 1.29 is 4.74 Å². The molecule has 0 heterocycles. The first-order chi connectivity index (χ1) is 9.20. The lowest BCUT2D eigenvalue weighted by molar-refractivity contribution is 0.131. The molecule has 0 unspecified atom stereocenters. The van der Waals surface area contributed by atoms with Gasteiger partial charge in [-0.05, 0) is 43.5 Å². The molecule has 0 atom stereocenters. The Morgan fingerprint density at radius 3 is 2.84 bits per heavy atom. The predicted octanol–water partition coefficient (Wildman–Crippen LogP) is 3.03. The average Bonchev–Trinajstić information content (AvgIpc) is 3.21. The highest BCUT2D eigenvalue weighted by molar-refractivity contribution is 9.10. The zero-order valence-electron chi connectivity index (χ0n) is 11.8. The molecule has 0 radical (unpaired) electrons. The predicted molar refractivity (Wildman–Crippen MR) is 83.7 cm³/mol. The van der Waals surface area contributed by atoms with Crippen LogP contribution in [0, 0.1) is 5.92 Å². The lowest BCUT2D eigenvalue weighted by Gasteiger charge is -2.20. The lowest BCUT2D eigenvalue weighted by atomic mass is 10.2. The number of ether oxygens (including phenoxy) is 1. The topological polar surface area (TPSA) is 24.5 Å². The van der Waals surface area contributed by atoms with Crippen molar-refractivity contribution in [2.75, 3.05) is 38.8 Å². The van der Waals surface area contributed by atoms with E-state index in [2.05, 4.69) is 51.4 Å². The van der Waals surface area contributed by atoms with Crippen molar-refractivity contribution in [3.63, 3.8) is 0 Å². The molecule has 1 saturated carbocycles. The van der Waals surface area contributed by atoms with Gasteiger partial charge in [-0.1, -0.05) is 22.0 Å². The number of hydrogen-bond donors (Lipinski definition) is 1. The smallest absolute Gasteiger partial charge is 0.0641 e. The highest BCUT2D eigenvalue weighted by Crippen LogP contribution is 2.28. The number of nitrogens with zero attached hydrogens (tertiary/aromatic N) is 1. The zero-order chi connectivity index (χ0) is 13.7. The Bertz CT molecular complexity index is 407. The van der Waals surface area contributed by atoms with E-state index >= 15 is 0 Å². The van der Waals surface area contributed by atoms with Gasteiger partial charge in [0.15, 0.2) is 0 Å². The van der Waals surface area contributed by atoms with E-state index in [9.17, 15) is 0 Å². The number of hydrogen-bond acceptors (Lipinski definition) is 3. The van der Waals surface area contributed by atoms with Crippen molar-refractivity contribution in [3.8, 4) is 0 Å². The van der Waals surface area contributed by atoms with Crippen molar-refractivity contribution in [1.82, 2.24) is 5.32 Å². The van der Waals surface area contributed by atoms with Crippen LogP contribution in [0.5, 0.6) is 0 Å². The summed E-state index contributed by atoms with van der Waals surface area (Å²) in [6.45, 7) is 3.57. The Morgan fingerprint density at radius 2 is 2.21 bits per heavy atom. The molecule has 0 aromatic heterocycles. The minimum Gasteiger partial charge on any atom is -0.379 e. The molecule has 0 bridgehead atoms. The quantitative estimate of drug-likeness (QED) is 0.743. The van der Waals surface area contributed by atoms with Crippen LogP contribution in [0.25, 0.3) is 0 Å². The summed E-state index contributed by atoms with van der Waals surface area (Å²) in [5.41, 5.74) is 2.51. The second-order valence-electron chi connectivity index (χ2n) is 5.25. The number of benzene rings is 1. The van der Waals surface area contributed by atoms with Crippen molar-refractivity contribution in [1.29, 1.82) is 0 Å². The van der Waals surface area contributed by atoms with Gasteiger partial charge in [0.2, 0.25) is 0 Å². The zero-order valence-corrected chi connectivity index (χ0v) is 13.4. The molecular formula is C15H23BrN2O. The van der Waals surface area contributed by atoms with Crippen LogP contribution in [0.2, 0.25) is 0 Å². The molecule has 0 saturated heterocycles. The maximum Gasteiger partial charge on any atom is 0.0641 e. The van der Waals surface area contributed by atoms with Gasteiger partial charge in [-0.25, -0.2) is 0 Å². The fraction of sp³-hybridized carbons (Fsp3) is 0.600. The molecule has 0 aliphatic heterocycles. The highest BCUT2D eigenvalue weighted by atomic mass is 79.9. The summed E-state index contributed by atoms with van der Waals surface area (Å²) in [5, 5.41) is 3.17. The third-order valence-corrected chi connectivity index (χ3v) is 4.20. The van der Waals surface area contributed by atoms with E-state index in [1.165, 1.54) is 24.1 Å². The second kappa shape index (κ2) is 7.27. The summed E-state index contributed by atoms with van der Waals surface area (Å²) >= 11 is 3.63. The third-order valence-electron chi connectivity index (χ3n) is 3.47. The Hall–Kier alpha value is -0.580. The summed E-state index contributed by atoms with van der Waals surface area (Å²) in [6, 6.07) is 6.50. The van der Waals surface area contributed by atoms with Gasteiger partial charge in [-0.15, -0.1) is 0 Å². The molecule has 1 aromatic carbocycles. The van der Waals surface area contributed by atoms with E-state index in [0.717, 1.165) is 36.7 Å². The number of likely N-dealkylation sites (N-methyl/N-ethyl adjacent to an activating group) is 1. The third kappa shape index (κ3) is 4.79. The lowest BCUT2D eigenvalue weighted by Crippen LogP contribution is -2.23. The maximum atomic E-state index is 5.68. The number of anilines is 1. The van der Waals surface area contributed by atoms with Gasteiger partial charge < -0.3 is 15.0 Å². The molecule has 1 fully saturated rings.